The Morgan fingerprint density at radius 2 is 2.11 bits per heavy atom. The Balaban J connectivity index is 2.47. The molecule has 2 atom stereocenters. The van der Waals surface area contributed by atoms with E-state index in [1.807, 2.05) is 0 Å². The first-order valence-electron chi connectivity index (χ1n) is 6.17. The summed E-state index contributed by atoms with van der Waals surface area (Å²) in [6.45, 7) is 1.80. The highest BCUT2D eigenvalue weighted by molar-refractivity contribution is 5.89. The molecule has 6 nitrogen and oxygen atoms in total. The van der Waals surface area contributed by atoms with E-state index in [1.54, 1.807) is 0 Å². The fourth-order valence-corrected chi connectivity index (χ4v) is 1.65. The van der Waals surface area contributed by atoms with E-state index < -0.39 is 30.5 Å². The Morgan fingerprint density at radius 3 is 2.72 bits per heavy atom. The van der Waals surface area contributed by atoms with Crippen molar-refractivity contribution in [1.29, 1.82) is 0 Å². The van der Waals surface area contributed by atoms with Gasteiger partial charge in [-0.25, -0.2) is 4.79 Å². The number of rotatable bonds is 8. The summed E-state index contributed by atoms with van der Waals surface area (Å²) in [4.78, 5) is 11.4. The van der Waals surface area contributed by atoms with Gasteiger partial charge >= 0.3 is 5.97 Å². The van der Waals surface area contributed by atoms with Gasteiger partial charge < -0.3 is 24.8 Å². The van der Waals surface area contributed by atoms with Crippen molar-refractivity contribution in [1.82, 2.24) is 0 Å². The number of hydrogen-bond donors (Lipinski definition) is 3. The fourth-order valence-electron chi connectivity index (χ4n) is 1.65. The van der Waals surface area contributed by atoms with Crippen molar-refractivity contribution in [3.05, 3.63) is 11.5 Å². The van der Waals surface area contributed by atoms with E-state index in [-0.39, 0.29) is 5.76 Å². The predicted molar refractivity (Wildman–Crippen MR) is 62.7 cm³/mol. The molecule has 1 rings (SSSR count). The third-order valence-corrected chi connectivity index (χ3v) is 2.70. The van der Waals surface area contributed by atoms with Gasteiger partial charge in [0.15, 0.2) is 11.9 Å². The lowest BCUT2D eigenvalue weighted by atomic mass is 10.2. The van der Waals surface area contributed by atoms with Crippen molar-refractivity contribution in [2.75, 3.05) is 13.2 Å². The Hall–Kier alpha value is -1.27. The minimum Gasteiger partial charge on any atom is -0.505 e. The maximum Gasteiger partial charge on any atom is 0.378 e. The van der Waals surface area contributed by atoms with Crippen LogP contribution in [0.3, 0.4) is 0 Å². The third-order valence-electron chi connectivity index (χ3n) is 2.70. The molecule has 0 aromatic carbocycles. The lowest BCUT2D eigenvalue weighted by Gasteiger charge is -2.13. The van der Waals surface area contributed by atoms with Crippen LogP contribution in [-0.4, -0.2) is 46.7 Å². The molecule has 1 aliphatic heterocycles. The van der Waals surface area contributed by atoms with Gasteiger partial charge in [-0.05, 0) is 6.42 Å². The number of carbonyl (C=O) groups is 1. The van der Waals surface area contributed by atoms with E-state index in [9.17, 15) is 15.0 Å². The van der Waals surface area contributed by atoms with Gasteiger partial charge in [-0.15, -0.1) is 0 Å². The lowest BCUT2D eigenvalue weighted by Crippen LogP contribution is -2.31. The maximum atomic E-state index is 11.4. The maximum absolute atomic E-state index is 11.4. The number of cyclic esters (lactones) is 1. The number of hydrogen-bond acceptors (Lipinski definition) is 6. The molecular formula is C12H20O6. The number of unbranched alkanes of at least 4 members (excludes halogenated alkanes) is 3. The van der Waals surface area contributed by atoms with Crippen molar-refractivity contribution in [2.45, 2.75) is 44.8 Å². The van der Waals surface area contributed by atoms with Gasteiger partial charge in [-0.1, -0.05) is 26.2 Å². The van der Waals surface area contributed by atoms with E-state index in [0.29, 0.717) is 6.61 Å². The summed E-state index contributed by atoms with van der Waals surface area (Å²) in [7, 11) is 0. The standard InChI is InChI=1S/C12H20O6/c1-2-3-4-5-6-17-11-9(15)10(8(14)7-13)18-12(11)16/h8,10,13-15H,2-7H2,1H3. The lowest BCUT2D eigenvalue weighted by molar-refractivity contribution is -0.148. The van der Waals surface area contributed by atoms with E-state index in [2.05, 4.69) is 6.92 Å². The van der Waals surface area contributed by atoms with E-state index in [0.717, 1.165) is 25.7 Å². The average Bonchev–Trinajstić information content (AvgIpc) is 2.65. The predicted octanol–water partition coefficient (Wildman–Crippen LogP) is 0.631. The Labute approximate surface area is 106 Å². The molecule has 0 aromatic rings. The van der Waals surface area contributed by atoms with Crippen LogP contribution in [0, 0.1) is 0 Å². The number of carbonyl (C=O) groups excluding carboxylic acids is 1. The van der Waals surface area contributed by atoms with Gasteiger partial charge in [0.1, 0.15) is 6.10 Å². The van der Waals surface area contributed by atoms with Crippen LogP contribution in [0.25, 0.3) is 0 Å². The van der Waals surface area contributed by atoms with Gasteiger partial charge in [0.2, 0.25) is 5.76 Å². The van der Waals surface area contributed by atoms with Crippen LogP contribution in [0.1, 0.15) is 32.6 Å². The van der Waals surface area contributed by atoms with Crippen LogP contribution in [-0.2, 0) is 14.3 Å². The molecule has 3 N–H and O–H groups in total. The van der Waals surface area contributed by atoms with Crippen LogP contribution in [0.2, 0.25) is 0 Å². The SMILES string of the molecule is CCCCCCOC1=C(O)C(C(O)CO)OC1=O. The molecule has 0 saturated heterocycles. The van der Waals surface area contributed by atoms with E-state index in [4.69, 9.17) is 14.6 Å². The average molecular weight is 260 g/mol. The van der Waals surface area contributed by atoms with Crippen LogP contribution in [0.5, 0.6) is 0 Å². The molecule has 104 valence electrons. The summed E-state index contributed by atoms with van der Waals surface area (Å²) in [5.74, 6) is -1.51. The molecule has 0 spiro atoms. The minimum absolute atomic E-state index is 0.260. The molecule has 0 radical (unpaired) electrons. The normalized spacial score (nSPS) is 21.1. The second-order valence-electron chi connectivity index (χ2n) is 4.20. The number of aliphatic hydroxyl groups is 3. The fraction of sp³-hybridized carbons (Fsp3) is 0.750. The highest BCUT2D eigenvalue weighted by Crippen LogP contribution is 2.24. The smallest absolute Gasteiger partial charge is 0.378 e. The zero-order valence-corrected chi connectivity index (χ0v) is 10.5. The van der Waals surface area contributed by atoms with Crippen LogP contribution in [0.15, 0.2) is 11.5 Å². The van der Waals surface area contributed by atoms with Crippen LogP contribution in [0.4, 0.5) is 0 Å². The Bertz CT molecular complexity index is 312. The van der Waals surface area contributed by atoms with Gasteiger partial charge in [0.25, 0.3) is 0 Å². The molecule has 6 heteroatoms. The summed E-state index contributed by atoms with van der Waals surface area (Å²) < 4.78 is 9.88. The molecule has 0 bridgehead atoms. The first kappa shape index (κ1) is 14.8. The molecule has 0 fully saturated rings. The zero-order chi connectivity index (χ0) is 13.5. The van der Waals surface area contributed by atoms with Crippen molar-refractivity contribution in [3.63, 3.8) is 0 Å². The summed E-state index contributed by atoms with van der Waals surface area (Å²) >= 11 is 0. The number of ether oxygens (including phenoxy) is 2. The van der Waals surface area contributed by atoms with Gasteiger partial charge in [0, 0.05) is 0 Å². The third kappa shape index (κ3) is 3.61. The van der Waals surface area contributed by atoms with Crippen LogP contribution < -0.4 is 0 Å². The largest absolute Gasteiger partial charge is 0.505 e. The van der Waals surface area contributed by atoms with E-state index in [1.165, 1.54) is 0 Å². The van der Waals surface area contributed by atoms with Gasteiger partial charge in [-0.3, -0.25) is 0 Å². The highest BCUT2D eigenvalue weighted by Gasteiger charge is 2.40. The zero-order valence-electron chi connectivity index (χ0n) is 10.5. The molecule has 0 aromatic heterocycles. The molecule has 0 amide bonds. The first-order valence-corrected chi connectivity index (χ1v) is 6.17. The molecule has 2 unspecified atom stereocenters. The molecule has 0 aliphatic carbocycles. The molecule has 1 heterocycles. The van der Waals surface area contributed by atoms with Gasteiger partial charge in [0.05, 0.1) is 13.2 Å². The van der Waals surface area contributed by atoms with Crippen molar-refractivity contribution in [3.8, 4) is 0 Å². The van der Waals surface area contributed by atoms with Gasteiger partial charge in [-0.2, -0.15) is 0 Å². The quantitative estimate of drug-likeness (QED) is 0.437. The molecule has 0 saturated carbocycles. The summed E-state index contributed by atoms with van der Waals surface area (Å²) in [6, 6.07) is 0. The molecule has 1 aliphatic rings. The van der Waals surface area contributed by atoms with Crippen molar-refractivity contribution < 1.29 is 29.6 Å². The number of aliphatic hydroxyl groups excluding tert-OH is 3. The topological polar surface area (TPSA) is 96.2 Å². The Morgan fingerprint density at radius 1 is 1.39 bits per heavy atom. The Kier molecular flexibility index (Phi) is 5.94. The summed E-state index contributed by atoms with van der Waals surface area (Å²) in [6.07, 6.45) is 1.39. The van der Waals surface area contributed by atoms with Crippen molar-refractivity contribution >= 4 is 5.97 Å². The second-order valence-corrected chi connectivity index (χ2v) is 4.20. The van der Waals surface area contributed by atoms with Crippen LogP contribution >= 0.6 is 0 Å². The highest BCUT2D eigenvalue weighted by atomic mass is 16.6. The summed E-state index contributed by atoms with van der Waals surface area (Å²) in [5, 5.41) is 27.7. The summed E-state index contributed by atoms with van der Waals surface area (Å²) in [5.41, 5.74) is 0. The van der Waals surface area contributed by atoms with Crippen molar-refractivity contribution in [2.24, 2.45) is 0 Å². The monoisotopic (exact) mass is 260 g/mol. The molecular weight excluding hydrogens is 240 g/mol. The number of esters is 1. The minimum atomic E-state index is -1.34. The molecule has 18 heavy (non-hydrogen) atoms. The second kappa shape index (κ2) is 7.23. The first-order chi connectivity index (χ1) is 8.61. The van der Waals surface area contributed by atoms with E-state index >= 15 is 0 Å².